The maximum atomic E-state index is 12.6. The van der Waals surface area contributed by atoms with E-state index in [2.05, 4.69) is 5.32 Å². The maximum absolute atomic E-state index is 12.6. The van der Waals surface area contributed by atoms with Gasteiger partial charge in [0.2, 0.25) is 15.9 Å². The summed E-state index contributed by atoms with van der Waals surface area (Å²) in [5, 5.41) is 2.15. The van der Waals surface area contributed by atoms with Crippen molar-refractivity contribution < 1.29 is 13.2 Å². The van der Waals surface area contributed by atoms with Crippen LogP contribution in [0.5, 0.6) is 0 Å². The molecule has 6 nitrogen and oxygen atoms in total. The molecule has 8 heteroatoms. The molecule has 1 heterocycles. The quantitative estimate of drug-likeness (QED) is 0.761. The van der Waals surface area contributed by atoms with E-state index in [-0.39, 0.29) is 24.4 Å². The molecule has 20 heavy (non-hydrogen) atoms. The third-order valence-corrected chi connectivity index (χ3v) is 5.68. The second-order valence-corrected chi connectivity index (χ2v) is 7.38. The lowest BCUT2D eigenvalue weighted by atomic mass is 10.2. The minimum absolute atomic E-state index is 0. The second kappa shape index (κ2) is 8.17. The van der Waals surface area contributed by atoms with E-state index in [4.69, 9.17) is 0 Å². The summed E-state index contributed by atoms with van der Waals surface area (Å²) in [6, 6.07) is -0.0256. The van der Waals surface area contributed by atoms with Crippen molar-refractivity contribution in [1.29, 1.82) is 0 Å². The summed E-state index contributed by atoms with van der Waals surface area (Å²) in [4.78, 5) is 13.3. The van der Waals surface area contributed by atoms with E-state index in [0.717, 1.165) is 19.4 Å². The molecule has 0 saturated carbocycles. The largest absolute Gasteiger partial charge is 0.348 e. The summed E-state index contributed by atoms with van der Waals surface area (Å²) in [7, 11) is -0.431. The Morgan fingerprint density at radius 2 is 2.00 bits per heavy atom. The van der Waals surface area contributed by atoms with Crippen molar-refractivity contribution in [2.45, 2.75) is 38.0 Å². The highest BCUT2D eigenvalue weighted by atomic mass is 35.5. The Hall–Kier alpha value is -0.370. The first kappa shape index (κ1) is 19.6. The molecule has 1 aliphatic heterocycles. The highest BCUT2D eigenvalue weighted by Gasteiger charge is 2.38. The van der Waals surface area contributed by atoms with Crippen LogP contribution in [0.4, 0.5) is 0 Å². The van der Waals surface area contributed by atoms with Crippen LogP contribution in [-0.2, 0) is 14.8 Å². The van der Waals surface area contributed by atoms with Crippen LogP contribution in [0.15, 0.2) is 0 Å². The van der Waals surface area contributed by atoms with E-state index < -0.39 is 15.3 Å². The molecule has 2 atom stereocenters. The number of carbonyl (C=O) groups is 1. The van der Waals surface area contributed by atoms with Crippen molar-refractivity contribution in [2.75, 3.05) is 33.7 Å². The predicted molar refractivity (Wildman–Crippen MR) is 82.6 cm³/mol. The molecule has 0 aromatic carbocycles. The van der Waals surface area contributed by atoms with Crippen molar-refractivity contribution in [1.82, 2.24) is 14.5 Å². The molecule has 0 aliphatic carbocycles. The van der Waals surface area contributed by atoms with Gasteiger partial charge in [-0.2, -0.15) is 4.31 Å². The average molecular weight is 328 g/mol. The molecule has 1 aliphatic rings. The molecule has 1 fully saturated rings. The van der Waals surface area contributed by atoms with Gasteiger partial charge in [0.1, 0.15) is 0 Å². The molecular formula is C12H26ClN3O3S. The molecule has 1 N–H and O–H groups in total. The van der Waals surface area contributed by atoms with Gasteiger partial charge in [-0.25, -0.2) is 8.42 Å². The lowest BCUT2D eigenvalue weighted by Gasteiger charge is -2.30. The fraction of sp³-hybridized carbons (Fsp3) is 0.917. The lowest BCUT2D eigenvalue weighted by Crippen LogP contribution is -2.50. The van der Waals surface area contributed by atoms with Gasteiger partial charge in [-0.3, -0.25) is 4.79 Å². The Morgan fingerprint density at radius 1 is 1.40 bits per heavy atom. The van der Waals surface area contributed by atoms with Gasteiger partial charge in [-0.1, -0.05) is 6.92 Å². The number of hydrogen-bond donors (Lipinski definition) is 1. The molecule has 0 radical (unpaired) electrons. The van der Waals surface area contributed by atoms with Crippen molar-refractivity contribution in [3.63, 3.8) is 0 Å². The first-order chi connectivity index (χ1) is 8.82. The van der Waals surface area contributed by atoms with Gasteiger partial charge in [0, 0.05) is 33.2 Å². The number of nitrogens with one attached hydrogen (secondary N) is 1. The van der Waals surface area contributed by atoms with Gasteiger partial charge in [0.15, 0.2) is 5.25 Å². The molecule has 0 aromatic heterocycles. The highest BCUT2D eigenvalue weighted by molar-refractivity contribution is 7.90. The van der Waals surface area contributed by atoms with Crippen molar-refractivity contribution in [3.8, 4) is 0 Å². The van der Waals surface area contributed by atoms with Crippen molar-refractivity contribution >= 4 is 28.3 Å². The van der Waals surface area contributed by atoms with Gasteiger partial charge >= 0.3 is 0 Å². The summed E-state index contributed by atoms with van der Waals surface area (Å²) in [5.74, 6) is -0.368. The van der Waals surface area contributed by atoms with Crippen LogP contribution >= 0.6 is 12.4 Å². The Balaban J connectivity index is 0.00000361. The molecule has 0 aromatic rings. The fourth-order valence-electron chi connectivity index (χ4n) is 2.32. The monoisotopic (exact) mass is 327 g/mol. The minimum Gasteiger partial charge on any atom is -0.348 e. The van der Waals surface area contributed by atoms with Gasteiger partial charge < -0.3 is 10.2 Å². The summed E-state index contributed by atoms with van der Waals surface area (Å²) in [6.07, 6.45) is 1.56. The Labute approximate surface area is 128 Å². The molecule has 0 spiro atoms. The van der Waals surface area contributed by atoms with Gasteiger partial charge in [-0.05, 0) is 26.3 Å². The van der Waals surface area contributed by atoms with Gasteiger partial charge in [-0.15, -0.1) is 12.4 Å². The average Bonchev–Trinajstić information content (AvgIpc) is 2.86. The van der Waals surface area contributed by atoms with Crippen LogP contribution in [0.3, 0.4) is 0 Å². The number of hydrogen-bond acceptors (Lipinski definition) is 4. The zero-order valence-corrected chi connectivity index (χ0v) is 14.3. The standard InChI is InChI=1S/C12H25N3O3S.ClH/c1-5-8-15(11-6-7-13-9-11)19(17,18)10(2)12(16)14(3)4;/h10-11,13H,5-9H2,1-4H3;1H. The topological polar surface area (TPSA) is 69.7 Å². The van der Waals surface area contributed by atoms with Crippen molar-refractivity contribution in [3.05, 3.63) is 0 Å². The summed E-state index contributed by atoms with van der Waals surface area (Å²) >= 11 is 0. The first-order valence-electron chi connectivity index (χ1n) is 6.74. The van der Waals surface area contributed by atoms with Crippen LogP contribution in [0, 0.1) is 0 Å². The lowest BCUT2D eigenvalue weighted by molar-refractivity contribution is -0.128. The molecule has 120 valence electrons. The molecular weight excluding hydrogens is 302 g/mol. The van der Waals surface area contributed by atoms with E-state index >= 15 is 0 Å². The fourth-order valence-corrected chi connectivity index (χ4v) is 4.22. The summed E-state index contributed by atoms with van der Waals surface area (Å²) in [5.41, 5.74) is 0. The Morgan fingerprint density at radius 3 is 2.40 bits per heavy atom. The van der Waals surface area contributed by atoms with Crippen LogP contribution in [0.2, 0.25) is 0 Å². The number of sulfonamides is 1. The summed E-state index contributed by atoms with van der Waals surface area (Å²) < 4.78 is 26.7. The zero-order valence-electron chi connectivity index (χ0n) is 12.6. The van der Waals surface area contributed by atoms with Gasteiger partial charge in [0.25, 0.3) is 0 Å². The highest BCUT2D eigenvalue weighted by Crippen LogP contribution is 2.19. The minimum atomic E-state index is -3.59. The third kappa shape index (κ3) is 4.31. The van der Waals surface area contributed by atoms with Crippen molar-refractivity contribution in [2.24, 2.45) is 0 Å². The van der Waals surface area contributed by atoms with E-state index in [1.807, 2.05) is 6.92 Å². The molecule has 1 saturated heterocycles. The number of halogens is 1. The van der Waals surface area contributed by atoms with Crippen LogP contribution in [0.1, 0.15) is 26.7 Å². The van der Waals surface area contributed by atoms with E-state index in [1.54, 1.807) is 14.1 Å². The first-order valence-corrected chi connectivity index (χ1v) is 8.25. The van der Waals surface area contributed by atoms with Crippen LogP contribution in [-0.4, -0.2) is 68.6 Å². The maximum Gasteiger partial charge on any atom is 0.241 e. The molecule has 1 amide bonds. The Kier molecular flexibility index (Phi) is 8.01. The second-order valence-electron chi connectivity index (χ2n) is 5.18. The summed E-state index contributed by atoms with van der Waals surface area (Å²) in [6.45, 7) is 5.39. The normalized spacial score (nSPS) is 20.6. The van der Waals surface area contributed by atoms with E-state index in [9.17, 15) is 13.2 Å². The van der Waals surface area contributed by atoms with Crippen LogP contribution < -0.4 is 5.32 Å². The SMILES string of the molecule is CCCN(C1CCNC1)S(=O)(=O)C(C)C(=O)N(C)C.Cl. The van der Waals surface area contributed by atoms with E-state index in [0.29, 0.717) is 13.1 Å². The molecule has 1 rings (SSSR count). The number of carbonyl (C=O) groups excluding carboxylic acids is 1. The number of amides is 1. The van der Waals surface area contributed by atoms with E-state index in [1.165, 1.54) is 16.1 Å². The third-order valence-electron chi connectivity index (χ3n) is 3.45. The van der Waals surface area contributed by atoms with Crippen LogP contribution in [0.25, 0.3) is 0 Å². The number of rotatable bonds is 6. The zero-order chi connectivity index (χ0) is 14.6. The molecule has 0 bridgehead atoms. The molecule has 2 unspecified atom stereocenters. The smallest absolute Gasteiger partial charge is 0.241 e. The predicted octanol–water partition coefficient (Wildman–Crippen LogP) is 0.289. The number of nitrogens with zero attached hydrogens (tertiary/aromatic N) is 2. The Bertz CT molecular complexity index is 408. The van der Waals surface area contributed by atoms with Gasteiger partial charge in [0.05, 0.1) is 0 Å².